The molecule has 0 bridgehead atoms. The second-order valence-corrected chi connectivity index (χ2v) is 5.13. The van der Waals surface area contributed by atoms with E-state index in [1.807, 2.05) is 0 Å². The van der Waals surface area contributed by atoms with Crippen molar-refractivity contribution in [3.8, 4) is 0 Å². The third-order valence-corrected chi connectivity index (χ3v) is 3.02. The van der Waals surface area contributed by atoms with Gasteiger partial charge in [-0.15, -0.1) is 0 Å². The molecule has 96 valence electrons. The van der Waals surface area contributed by atoms with Crippen molar-refractivity contribution >= 4 is 0 Å². The number of rotatable bonds is 6. The van der Waals surface area contributed by atoms with Crippen LogP contribution in [-0.4, -0.2) is 20.3 Å². The largest absolute Gasteiger partial charge is 0.382 e. The summed E-state index contributed by atoms with van der Waals surface area (Å²) in [4.78, 5) is 0. The number of hydrogen-bond acceptors (Lipinski definition) is 2. The Bertz CT molecular complexity index is 325. The molecule has 1 aromatic rings. The second kappa shape index (κ2) is 6.18. The smallest absolute Gasteiger partial charge is 0.0876 e. The van der Waals surface area contributed by atoms with Gasteiger partial charge in [-0.25, -0.2) is 0 Å². The molecule has 0 aliphatic heterocycles. The zero-order chi connectivity index (χ0) is 12.9. The first-order chi connectivity index (χ1) is 7.97. The molecule has 0 amide bonds. The Morgan fingerprint density at radius 3 is 2.12 bits per heavy atom. The van der Waals surface area contributed by atoms with Crippen molar-refractivity contribution in [2.45, 2.75) is 39.2 Å². The molecule has 0 radical (unpaired) electrons. The van der Waals surface area contributed by atoms with E-state index in [0.29, 0.717) is 19.1 Å². The highest BCUT2D eigenvalue weighted by Gasteiger charge is 2.20. The Kier molecular flexibility index (Phi) is 5.16. The normalized spacial score (nSPS) is 12.1. The predicted molar refractivity (Wildman–Crippen MR) is 71.4 cm³/mol. The molecule has 0 saturated carbocycles. The lowest BCUT2D eigenvalue weighted by molar-refractivity contribution is -0.0431. The molecule has 0 N–H and O–H groups in total. The molecule has 1 aromatic carbocycles. The lowest BCUT2D eigenvalue weighted by atomic mass is 9.94. The molecular weight excluding hydrogens is 212 g/mol. The standard InChI is InChI=1S/C15H24O2/c1-12(2)13-6-8-14(9-7-13)15(3,4)17-11-10-16-5/h6-9,12H,10-11H2,1-5H3. The average Bonchev–Trinajstić information content (AvgIpc) is 2.29. The van der Waals surface area contributed by atoms with Crippen molar-refractivity contribution in [2.75, 3.05) is 20.3 Å². The first-order valence-corrected chi connectivity index (χ1v) is 6.20. The van der Waals surface area contributed by atoms with Crippen molar-refractivity contribution in [2.24, 2.45) is 0 Å². The molecule has 0 aromatic heterocycles. The number of benzene rings is 1. The molecular formula is C15H24O2. The van der Waals surface area contributed by atoms with E-state index in [9.17, 15) is 0 Å². The molecule has 0 heterocycles. The lowest BCUT2D eigenvalue weighted by Gasteiger charge is -2.26. The van der Waals surface area contributed by atoms with E-state index in [0.717, 1.165) is 0 Å². The van der Waals surface area contributed by atoms with Gasteiger partial charge in [0.25, 0.3) is 0 Å². The summed E-state index contributed by atoms with van der Waals surface area (Å²) in [6.07, 6.45) is 0. The Hall–Kier alpha value is -0.860. The third-order valence-electron chi connectivity index (χ3n) is 3.02. The first kappa shape index (κ1) is 14.2. The molecule has 0 spiro atoms. The predicted octanol–water partition coefficient (Wildman–Crippen LogP) is 3.71. The fourth-order valence-electron chi connectivity index (χ4n) is 1.73. The summed E-state index contributed by atoms with van der Waals surface area (Å²) in [5.74, 6) is 0.571. The van der Waals surface area contributed by atoms with Gasteiger partial charge in [0, 0.05) is 7.11 Å². The van der Waals surface area contributed by atoms with Gasteiger partial charge >= 0.3 is 0 Å². The van der Waals surface area contributed by atoms with Crippen molar-refractivity contribution in [1.29, 1.82) is 0 Å². The quantitative estimate of drug-likeness (QED) is 0.701. The van der Waals surface area contributed by atoms with Gasteiger partial charge in [-0.1, -0.05) is 38.1 Å². The number of methoxy groups -OCH3 is 1. The van der Waals surface area contributed by atoms with Crippen LogP contribution in [-0.2, 0) is 15.1 Å². The molecule has 2 heteroatoms. The zero-order valence-electron chi connectivity index (χ0n) is 11.6. The van der Waals surface area contributed by atoms with Crippen LogP contribution >= 0.6 is 0 Å². The van der Waals surface area contributed by atoms with Crippen LogP contribution in [0.2, 0.25) is 0 Å². The van der Waals surface area contributed by atoms with Crippen LogP contribution in [0.25, 0.3) is 0 Å². The van der Waals surface area contributed by atoms with Crippen molar-refractivity contribution in [3.05, 3.63) is 35.4 Å². The van der Waals surface area contributed by atoms with Crippen LogP contribution in [0, 0.1) is 0 Å². The molecule has 2 nitrogen and oxygen atoms in total. The minimum atomic E-state index is -0.256. The Labute approximate surface area is 105 Å². The summed E-state index contributed by atoms with van der Waals surface area (Å²) in [6.45, 7) is 9.84. The molecule has 17 heavy (non-hydrogen) atoms. The summed E-state index contributed by atoms with van der Waals surface area (Å²) in [7, 11) is 1.69. The minimum Gasteiger partial charge on any atom is -0.382 e. The third kappa shape index (κ3) is 4.14. The fraction of sp³-hybridized carbons (Fsp3) is 0.600. The van der Waals surface area contributed by atoms with E-state index >= 15 is 0 Å². The lowest BCUT2D eigenvalue weighted by Crippen LogP contribution is -2.23. The maximum absolute atomic E-state index is 5.83. The van der Waals surface area contributed by atoms with Crippen LogP contribution < -0.4 is 0 Å². The molecule has 0 aliphatic carbocycles. The van der Waals surface area contributed by atoms with Crippen LogP contribution in [0.15, 0.2) is 24.3 Å². The fourth-order valence-corrected chi connectivity index (χ4v) is 1.73. The summed E-state index contributed by atoms with van der Waals surface area (Å²) >= 11 is 0. The molecule has 0 unspecified atom stereocenters. The van der Waals surface area contributed by atoms with E-state index in [-0.39, 0.29) is 5.60 Å². The van der Waals surface area contributed by atoms with Gasteiger partial charge < -0.3 is 9.47 Å². The molecule has 0 saturated heterocycles. The SMILES string of the molecule is COCCOC(C)(C)c1ccc(C(C)C)cc1. The number of hydrogen-bond donors (Lipinski definition) is 0. The van der Waals surface area contributed by atoms with Crippen molar-refractivity contribution in [3.63, 3.8) is 0 Å². The summed E-state index contributed by atoms with van der Waals surface area (Å²) < 4.78 is 10.8. The highest BCUT2D eigenvalue weighted by molar-refractivity contribution is 5.28. The highest BCUT2D eigenvalue weighted by atomic mass is 16.5. The maximum Gasteiger partial charge on any atom is 0.0876 e. The Morgan fingerprint density at radius 2 is 1.65 bits per heavy atom. The van der Waals surface area contributed by atoms with E-state index in [4.69, 9.17) is 9.47 Å². The minimum absolute atomic E-state index is 0.256. The molecule has 0 atom stereocenters. The van der Waals surface area contributed by atoms with Crippen LogP contribution in [0.5, 0.6) is 0 Å². The monoisotopic (exact) mass is 236 g/mol. The van der Waals surface area contributed by atoms with Gasteiger partial charge in [-0.2, -0.15) is 0 Å². The van der Waals surface area contributed by atoms with Gasteiger partial charge in [0.15, 0.2) is 0 Å². The van der Waals surface area contributed by atoms with Crippen LogP contribution in [0.4, 0.5) is 0 Å². The average molecular weight is 236 g/mol. The van der Waals surface area contributed by atoms with E-state index in [1.54, 1.807) is 7.11 Å². The molecule has 0 aliphatic rings. The zero-order valence-corrected chi connectivity index (χ0v) is 11.6. The van der Waals surface area contributed by atoms with Gasteiger partial charge in [-0.05, 0) is 30.9 Å². The van der Waals surface area contributed by atoms with Crippen molar-refractivity contribution in [1.82, 2.24) is 0 Å². The van der Waals surface area contributed by atoms with Crippen LogP contribution in [0.3, 0.4) is 0 Å². The molecule has 0 fully saturated rings. The summed E-state index contributed by atoms with van der Waals surface area (Å²) in [5.41, 5.74) is 2.31. The van der Waals surface area contributed by atoms with Crippen molar-refractivity contribution < 1.29 is 9.47 Å². The Morgan fingerprint density at radius 1 is 1.06 bits per heavy atom. The topological polar surface area (TPSA) is 18.5 Å². The summed E-state index contributed by atoms with van der Waals surface area (Å²) in [5, 5.41) is 0. The highest BCUT2D eigenvalue weighted by Crippen LogP contribution is 2.26. The van der Waals surface area contributed by atoms with E-state index < -0.39 is 0 Å². The maximum atomic E-state index is 5.83. The van der Waals surface area contributed by atoms with Crippen LogP contribution in [0.1, 0.15) is 44.7 Å². The Balaban J connectivity index is 2.70. The van der Waals surface area contributed by atoms with E-state index in [2.05, 4.69) is 52.0 Å². The number of ether oxygens (including phenoxy) is 2. The summed E-state index contributed by atoms with van der Waals surface area (Å²) in [6, 6.07) is 8.67. The van der Waals surface area contributed by atoms with Gasteiger partial charge in [0.1, 0.15) is 0 Å². The van der Waals surface area contributed by atoms with Gasteiger partial charge in [0.2, 0.25) is 0 Å². The van der Waals surface area contributed by atoms with E-state index in [1.165, 1.54) is 11.1 Å². The van der Waals surface area contributed by atoms with Gasteiger partial charge in [0.05, 0.1) is 18.8 Å². The second-order valence-electron chi connectivity index (χ2n) is 5.13. The first-order valence-electron chi connectivity index (χ1n) is 6.20. The molecule has 1 rings (SSSR count). The van der Waals surface area contributed by atoms with Gasteiger partial charge in [-0.3, -0.25) is 0 Å².